The van der Waals surface area contributed by atoms with E-state index in [-0.39, 0.29) is 0 Å². The molecular weight excluding hydrogens is 164 g/mol. The van der Waals surface area contributed by atoms with Gasteiger partial charge in [-0.1, -0.05) is 51.8 Å². The fourth-order valence-corrected chi connectivity index (χ4v) is 1.08. The van der Waals surface area contributed by atoms with E-state index in [0.717, 1.165) is 25.7 Å². The van der Waals surface area contributed by atoms with Crippen molar-refractivity contribution in [2.45, 2.75) is 51.8 Å². The fourth-order valence-electron chi connectivity index (χ4n) is 1.08. The highest BCUT2D eigenvalue weighted by Crippen LogP contribution is 2.30. The molecule has 0 aliphatic rings. The lowest BCUT2D eigenvalue weighted by molar-refractivity contribution is 0.424. The summed E-state index contributed by atoms with van der Waals surface area (Å²) in [5.74, 6) is -1.07. The molecule has 0 fully saturated rings. The third-order valence-corrected chi connectivity index (χ3v) is 2.16. The van der Waals surface area contributed by atoms with Gasteiger partial charge in [-0.05, 0) is 0 Å². The average molecular weight is 181 g/mol. The predicted octanol–water partition coefficient (Wildman–Crippen LogP) is 4.19. The van der Waals surface area contributed by atoms with Crippen LogP contribution in [0.1, 0.15) is 46.0 Å². The van der Waals surface area contributed by atoms with Crippen LogP contribution in [0.25, 0.3) is 0 Å². The van der Waals surface area contributed by atoms with Gasteiger partial charge in [0.25, 0.3) is 0 Å². The Morgan fingerprint density at radius 3 is 2.08 bits per heavy atom. The Balaban J connectivity index is 3.38. The summed E-state index contributed by atoms with van der Waals surface area (Å²) in [6, 6.07) is 0. The van der Waals surface area contributed by atoms with Gasteiger partial charge in [-0.3, -0.25) is 0 Å². The minimum Gasteiger partial charge on any atom is -0.449 e. The minimum absolute atomic E-state index is 0.309. The SMILES string of the molecule is CCCCCC[C@H](C)[B-](F)(F)F. The molecule has 0 aliphatic heterocycles. The third kappa shape index (κ3) is 5.50. The van der Waals surface area contributed by atoms with Crippen LogP contribution in [0.15, 0.2) is 0 Å². The highest BCUT2D eigenvalue weighted by molar-refractivity contribution is 6.60. The lowest BCUT2D eigenvalue weighted by atomic mass is 9.71. The molecule has 0 radical (unpaired) electrons. The normalized spacial score (nSPS) is 14.8. The average Bonchev–Trinajstić information content (AvgIpc) is 1.96. The second-order valence-corrected chi connectivity index (χ2v) is 3.45. The standard InChI is InChI=1S/C8H17BF3/c1-3-4-5-6-7-8(2)9(10,11)12/h8H,3-7H2,1-2H3/q-1/t8-/m0/s1. The monoisotopic (exact) mass is 181 g/mol. The topological polar surface area (TPSA) is 0 Å². The molecule has 0 nitrogen and oxygen atoms in total. The van der Waals surface area contributed by atoms with Gasteiger partial charge in [0, 0.05) is 0 Å². The van der Waals surface area contributed by atoms with Crippen LogP contribution in [0.5, 0.6) is 0 Å². The summed E-state index contributed by atoms with van der Waals surface area (Å²) >= 11 is 0. The van der Waals surface area contributed by atoms with Gasteiger partial charge in [-0.15, -0.1) is 0 Å². The summed E-state index contributed by atoms with van der Waals surface area (Å²) in [6.45, 7) is -1.25. The lowest BCUT2D eigenvalue weighted by Gasteiger charge is -2.22. The molecule has 0 aromatic carbocycles. The Bertz CT molecular complexity index is 111. The molecule has 0 rings (SSSR count). The molecule has 4 heteroatoms. The van der Waals surface area contributed by atoms with Crippen molar-refractivity contribution in [1.82, 2.24) is 0 Å². The van der Waals surface area contributed by atoms with Crippen molar-refractivity contribution in [3.05, 3.63) is 0 Å². The number of unbranched alkanes of at least 4 members (excludes halogenated alkanes) is 3. The van der Waals surface area contributed by atoms with Crippen molar-refractivity contribution >= 4 is 6.98 Å². The van der Waals surface area contributed by atoms with Gasteiger partial charge in [0.2, 0.25) is 0 Å². The molecule has 0 amide bonds. The zero-order valence-electron chi connectivity index (χ0n) is 7.82. The maximum absolute atomic E-state index is 12.0. The molecule has 0 bridgehead atoms. The second-order valence-electron chi connectivity index (χ2n) is 3.45. The summed E-state index contributed by atoms with van der Waals surface area (Å²) in [5, 5.41) is 0. The van der Waals surface area contributed by atoms with E-state index in [0.29, 0.717) is 6.42 Å². The van der Waals surface area contributed by atoms with Crippen LogP contribution >= 0.6 is 0 Å². The summed E-state index contributed by atoms with van der Waals surface area (Å²) in [6.07, 6.45) is 4.09. The van der Waals surface area contributed by atoms with Gasteiger partial charge in [0.1, 0.15) is 0 Å². The van der Waals surface area contributed by atoms with Gasteiger partial charge in [-0.2, -0.15) is 0 Å². The van der Waals surface area contributed by atoms with Gasteiger partial charge < -0.3 is 12.9 Å². The molecule has 1 atom stereocenters. The lowest BCUT2D eigenvalue weighted by Crippen LogP contribution is -2.21. The second kappa shape index (κ2) is 5.49. The van der Waals surface area contributed by atoms with Crippen LogP contribution in [0, 0.1) is 0 Å². The molecule has 0 saturated carbocycles. The minimum atomic E-state index is -4.59. The van der Waals surface area contributed by atoms with E-state index in [9.17, 15) is 12.9 Å². The molecule has 0 heterocycles. The number of rotatable bonds is 6. The van der Waals surface area contributed by atoms with Gasteiger partial charge in [0.05, 0.1) is 0 Å². The van der Waals surface area contributed by atoms with Crippen LogP contribution in [0.2, 0.25) is 5.82 Å². The number of hydrogen-bond acceptors (Lipinski definition) is 0. The summed E-state index contributed by atoms with van der Waals surface area (Å²) < 4.78 is 36.1. The molecule has 12 heavy (non-hydrogen) atoms. The molecule has 0 spiro atoms. The molecular formula is C8H17BF3-. The van der Waals surface area contributed by atoms with Crippen LogP contribution < -0.4 is 0 Å². The Kier molecular flexibility index (Phi) is 5.43. The van der Waals surface area contributed by atoms with Crippen molar-refractivity contribution in [3.63, 3.8) is 0 Å². The Morgan fingerprint density at radius 2 is 1.67 bits per heavy atom. The van der Waals surface area contributed by atoms with Crippen LogP contribution in [0.3, 0.4) is 0 Å². The van der Waals surface area contributed by atoms with Gasteiger partial charge in [0.15, 0.2) is 0 Å². The van der Waals surface area contributed by atoms with Crippen molar-refractivity contribution < 1.29 is 12.9 Å². The van der Waals surface area contributed by atoms with E-state index < -0.39 is 12.8 Å². The molecule has 0 saturated heterocycles. The van der Waals surface area contributed by atoms with Gasteiger partial charge in [-0.25, -0.2) is 0 Å². The largest absolute Gasteiger partial charge is 0.481 e. The smallest absolute Gasteiger partial charge is 0.449 e. The maximum Gasteiger partial charge on any atom is 0.481 e. The van der Waals surface area contributed by atoms with E-state index in [4.69, 9.17) is 0 Å². The predicted molar refractivity (Wildman–Crippen MR) is 47.3 cm³/mol. The number of halogens is 3. The molecule has 74 valence electrons. The van der Waals surface area contributed by atoms with E-state index in [1.54, 1.807) is 0 Å². The van der Waals surface area contributed by atoms with E-state index >= 15 is 0 Å². The molecule has 0 unspecified atom stereocenters. The van der Waals surface area contributed by atoms with E-state index in [1.165, 1.54) is 6.92 Å². The summed E-state index contributed by atoms with van der Waals surface area (Å²) in [4.78, 5) is 0. The van der Waals surface area contributed by atoms with Crippen LogP contribution in [-0.2, 0) is 0 Å². The van der Waals surface area contributed by atoms with E-state index in [2.05, 4.69) is 6.92 Å². The molecule has 0 aromatic heterocycles. The maximum atomic E-state index is 12.0. The van der Waals surface area contributed by atoms with E-state index in [1.807, 2.05) is 0 Å². The Hall–Kier alpha value is -0.145. The first-order chi connectivity index (χ1) is 5.48. The zero-order chi connectivity index (χ0) is 9.61. The first kappa shape index (κ1) is 11.9. The van der Waals surface area contributed by atoms with Crippen LogP contribution in [0.4, 0.5) is 12.9 Å². The quantitative estimate of drug-likeness (QED) is 0.425. The molecule has 0 aromatic rings. The first-order valence-electron chi connectivity index (χ1n) is 4.68. The fraction of sp³-hybridized carbons (Fsp3) is 1.00. The molecule has 0 N–H and O–H groups in total. The van der Waals surface area contributed by atoms with Crippen molar-refractivity contribution in [1.29, 1.82) is 0 Å². The Labute approximate surface area is 72.6 Å². The van der Waals surface area contributed by atoms with Crippen molar-refractivity contribution in [2.75, 3.05) is 0 Å². The number of hydrogen-bond donors (Lipinski definition) is 0. The van der Waals surface area contributed by atoms with Gasteiger partial charge >= 0.3 is 6.98 Å². The van der Waals surface area contributed by atoms with Crippen molar-refractivity contribution in [2.24, 2.45) is 0 Å². The molecule has 0 aliphatic carbocycles. The van der Waals surface area contributed by atoms with Crippen molar-refractivity contribution in [3.8, 4) is 0 Å². The third-order valence-electron chi connectivity index (χ3n) is 2.16. The highest BCUT2D eigenvalue weighted by Gasteiger charge is 2.30. The first-order valence-corrected chi connectivity index (χ1v) is 4.68. The zero-order valence-corrected chi connectivity index (χ0v) is 7.82. The summed E-state index contributed by atoms with van der Waals surface area (Å²) in [5.41, 5.74) is 0. The highest BCUT2D eigenvalue weighted by atomic mass is 19.4. The summed E-state index contributed by atoms with van der Waals surface area (Å²) in [7, 11) is 0. The van der Waals surface area contributed by atoms with Crippen LogP contribution in [-0.4, -0.2) is 6.98 Å². The Morgan fingerprint density at radius 1 is 1.08 bits per heavy atom.